The number of ether oxygens (including phenoxy) is 1. The third-order valence-electron chi connectivity index (χ3n) is 5.03. The standard InChI is InChI=1S/C25H31N3O2/c1-4-10-20-11-5-8-14-23(20)30-18-9-17-28-22-13-7-6-12-21(22)27-24(28)15-16-26-25(29)19(2)3/h4-8,11-14,19H,1,9-10,15-18H2,2-3H3,(H,26,29). The first-order valence-electron chi connectivity index (χ1n) is 10.6. The van der Waals surface area contributed by atoms with Crippen LogP contribution in [0.15, 0.2) is 61.2 Å². The zero-order chi connectivity index (χ0) is 21.3. The average Bonchev–Trinajstić information content (AvgIpc) is 3.09. The predicted molar refractivity (Wildman–Crippen MR) is 122 cm³/mol. The highest BCUT2D eigenvalue weighted by Gasteiger charge is 2.12. The van der Waals surface area contributed by atoms with Crippen LogP contribution in [0.3, 0.4) is 0 Å². The number of carbonyl (C=O) groups is 1. The van der Waals surface area contributed by atoms with Gasteiger partial charge in [0, 0.05) is 25.4 Å². The normalized spacial score (nSPS) is 11.0. The van der Waals surface area contributed by atoms with Crippen molar-refractivity contribution in [3.05, 3.63) is 72.6 Å². The van der Waals surface area contributed by atoms with E-state index >= 15 is 0 Å². The van der Waals surface area contributed by atoms with Gasteiger partial charge in [-0.3, -0.25) is 4.79 Å². The van der Waals surface area contributed by atoms with Crippen molar-refractivity contribution in [1.29, 1.82) is 0 Å². The van der Waals surface area contributed by atoms with Crippen LogP contribution in [0, 0.1) is 5.92 Å². The Morgan fingerprint density at radius 3 is 2.77 bits per heavy atom. The molecule has 1 aromatic heterocycles. The summed E-state index contributed by atoms with van der Waals surface area (Å²) in [6, 6.07) is 16.3. The number of hydrogen-bond acceptors (Lipinski definition) is 3. The molecule has 0 aliphatic heterocycles. The number of nitrogens with one attached hydrogen (secondary N) is 1. The number of para-hydroxylation sites is 3. The molecule has 30 heavy (non-hydrogen) atoms. The highest BCUT2D eigenvalue weighted by atomic mass is 16.5. The molecular formula is C25H31N3O2. The van der Waals surface area contributed by atoms with Crippen LogP contribution in [-0.4, -0.2) is 28.6 Å². The summed E-state index contributed by atoms with van der Waals surface area (Å²) in [4.78, 5) is 16.6. The number of hydrogen-bond donors (Lipinski definition) is 1. The molecule has 3 rings (SSSR count). The van der Waals surface area contributed by atoms with E-state index in [4.69, 9.17) is 9.72 Å². The molecule has 0 atom stereocenters. The first-order valence-corrected chi connectivity index (χ1v) is 10.6. The number of carbonyl (C=O) groups excluding carboxylic acids is 1. The Morgan fingerprint density at radius 2 is 1.97 bits per heavy atom. The summed E-state index contributed by atoms with van der Waals surface area (Å²) < 4.78 is 8.29. The zero-order valence-electron chi connectivity index (χ0n) is 17.9. The van der Waals surface area contributed by atoms with Crippen LogP contribution in [0.2, 0.25) is 0 Å². The Hall–Kier alpha value is -3.08. The molecule has 0 saturated heterocycles. The van der Waals surface area contributed by atoms with Crippen molar-refractivity contribution in [1.82, 2.24) is 14.9 Å². The molecule has 0 spiro atoms. The molecule has 0 radical (unpaired) electrons. The maximum atomic E-state index is 11.8. The largest absolute Gasteiger partial charge is 0.493 e. The molecule has 1 heterocycles. The Morgan fingerprint density at radius 1 is 1.20 bits per heavy atom. The maximum absolute atomic E-state index is 11.8. The summed E-state index contributed by atoms with van der Waals surface area (Å²) in [5.74, 6) is 1.98. The van der Waals surface area contributed by atoms with Crippen LogP contribution in [0.4, 0.5) is 0 Å². The van der Waals surface area contributed by atoms with E-state index in [0.29, 0.717) is 19.6 Å². The Labute approximate surface area is 178 Å². The van der Waals surface area contributed by atoms with Gasteiger partial charge in [-0.2, -0.15) is 0 Å². The van der Waals surface area contributed by atoms with Gasteiger partial charge >= 0.3 is 0 Å². The number of amides is 1. The number of rotatable bonds is 11. The van der Waals surface area contributed by atoms with Gasteiger partial charge in [-0.05, 0) is 36.6 Å². The summed E-state index contributed by atoms with van der Waals surface area (Å²) in [6.07, 6.45) is 4.27. The minimum absolute atomic E-state index is 0.00932. The Balaban J connectivity index is 1.63. The van der Waals surface area contributed by atoms with Crippen molar-refractivity contribution in [2.24, 2.45) is 5.92 Å². The molecular weight excluding hydrogens is 374 g/mol. The molecule has 158 valence electrons. The van der Waals surface area contributed by atoms with Gasteiger partial charge in [0.15, 0.2) is 0 Å². The molecule has 1 N–H and O–H groups in total. The third kappa shape index (κ3) is 5.50. The van der Waals surface area contributed by atoms with Gasteiger partial charge in [-0.25, -0.2) is 4.98 Å². The first kappa shape index (κ1) is 21.6. The fraction of sp³-hybridized carbons (Fsp3) is 0.360. The number of aryl methyl sites for hydroxylation is 1. The molecule has 1 amide bonds. The van der Waals surface area contributed by atoms with Gasteiger partial charge in [-0.1, -0.05) is 50.3 Å². The summed E-state index contributed by atoms with van der Waals surface area (Å²) in [6.45, 7) is 9.66. The minimum atomic E-state index is -0.00932. The highest BCUT2D eigenvalue weighted by Crippen LogP contribution is 2.20. The van der Waals surface area contributed by atoms with Crippen LogP contribution in [0.25, 0.3) is 11.0 Å². The van der Waals surface area contributed by atoms with Gasteiger partial charge in [-0.15, -0.1) is 6.58 Å². The number of nitrogens with zero attached hydrogens (tertiary/aromatic N) is 2. The second-order valence-corrected chi connectivity index (χ2v) is 7.67. The highest BCUT2D eigenvalue weighted by molar-refractivity contribution is 5.78. The van der Waals surface area contributed by atoms with Gasteiger partial charge in [0.2, 0.25) is 5.91 Å². The summed E-state index contributed by atoms with van der Waals surface area (Å²) in [5.41, 5.74) is 3.26. The second kappa shape index (κ2) is 10.6. The number of aromatic nitrogens is 2. The summed E-state index contributed by atoms with van der Waals surface area (Å²) >= 11 is 0. The molecule has 3 aromatic rings. The van der Waals surface area contributed by atoms with Crippen molar-refractivity contribution >= 4 is 16.9 Å². The van der Waals surface area contributed by atoms with Crippen LogP contribution in [0.5, 0.6) is 5.75 Å². The molecule has 0 bridgehead atoms. The molecule has 0 aliphatic rings. The molecule has 0 fully saturated rings. The van der Waals surface area contributed by atoms with E-state index < -0.39 is 0 Å². The number of benzene rings is 2. The maximum Gasteiger partial charge on any atom is 0.222 e. The number of imidazole rings is 1. The second-order valence-electron chi connectivity index (χ2n) is 7.67. The molecule has 0 aliphatic carbocycles. The van der Waals surface area contributed by atoms with Crippen LogP contribution in [0.1, 0.15) is 31.7 Å². The fourth-order valence-electron chi connectivity index (χ4n) is 3.44. The lowest BCUT2D eigenvalue weighted by molar-refractivity contribution is -0.123. The van der Waals surface area contributed by atoms with Crippen LogP contribution < -0.4 is 10.1 Å². The first-order chi connectivity index (χ1) is 14.6. The molecule has 0 unspecified atom stereocenters. The van der Waals surface area contributed by atoms with Crippen molar-refractivity contribution in [3.8, 4) is 5.75 Å². The smallest absolute Gasteiger partial charge is 0.222 e. The fourth-order valence-corrected chi connectivity index (χ4v) is 3.44. The molecule has 2 aromatic carbocycles. The summed E-state index contributed by atoms with van der Waals surface area (Å²) in [5, 5.41) is 2.98. The lowest BCUT2D eigenvalue weighted by Gasteiger charge is -2.13. The van der Waals surface area contributed by atoms with E-state index in [1.54, 1.807) is 0 Å². The van der Waals surface area contributed by atoms with Gasteiger partial charge in [0.05, 0.1) is 17.6 Å². The average molecular weight is 406 g/mol. The minimum Gasteiger partial charge on any atom is -0.493 e. The van der Waals surface area contributed by atoms with Crippen molar-refractivity contribution in [2.45, 2.75) is 39.7 Å². The van der Waals surface area contributed by atoms with E-state index in [1.165, 1.54) is 0 Å². The number of allylic oxidation sites excluding steroid dienone is 1. The van der Waals surface area contributed by atoms with Crippen molar-refractivity contribution in [3.63, 3.8) is 0 Å². The zero-order valence-corrected chi connectivity index (χ0v) is 17.9. The summed E-state index contributed by atoms with van der Waals surface area (Å²) in [7, 11) is 0. The van der Waals surface area contributed by atoms with E-state index in [9.17, 15) is 4.79 Å². The topological polar surface area (TPSA) is 56.1 Å². The van der Waals surface area contributed by atoms with E-state index in [1.807, 2.05) is 56.3 Å². The molecule has 5 heteroatoms. The van der Waals surface area contributed by atoms with E-state index in [2.05, 4.69) is 28.6 Å². The third-order valence-corrected chi connectivity index (χ3v) is 5.03. The Bertz CT molecular complexity index is 991. The molecule has 5 nitrogen and oxygen atoms in total. The SMILES string of the molecule is C=CCc1ccccc1OCCCn1c(CCNC(=O)C(C)C)nc2ccccc21. The monoisotopic (exact) mass is 405 g/mol. The quantitative estimate of drug-likeness (QED) is 0.376. The van der Waals surface area contributed by atoms with Crippen molar-refractivity contribution < 1.29 is 9.53 Å². The number of fused-ring (bicyclic) bond motifs is 1. The van der Waals surface area contributed by atoms with Crippen LogP contribution >= 0.6 is 0 Å². The van der Waals surface area contributed by atoms with E-state index in [0.717, 1.165) is 47.6 Å². The molecule has 0 saturated carbocycles. The lowest BCUT2D eigenvalue weighted by atomic mass is 10.1. The lowest BCUT2D eigenvalue weighted by Crippen LogP contribution is -2.30. The van der Waals surface area contributed by atoms with Gasteiger partial charge in [0.25, 0.3) is 0 Å². The van der Waals surface area contributed by atoms with Gasteiger partial charge in [0.1, 0.15) is 11.6 Å². The van der Waals surface area contributed by atoms with Crippen LogP contribution in [-0.2, 0) is 24.2 Å². The van der Waals surface area contributed by atoms with E-state index in [-0.39, 0.29) is 11.8 Å². The van der Waals surface area contributed by atoms with Gasteiger partial charge < -0.3 is 14.6 Å². The predicted octanol–water partition coefficient (Wildman–Crippen LogP) is 4.55. The van der Waals surface area contributed by atoms with Crippen molar-refractivity contribution in [2.75, 3.05) is 13.2 Å². The Kier molecular flexibility index (Phi) is 7.66.